The molecule has 2 N–H and O–H groups in total. The summed E-state index contributed by atoms with van der Waals surface area (Å²) in [6, 6.07) is 13.9. The summed E-state index contributed by atoms with van der Waals surface area (Å²) in [4.78, 5) is 0. The third kappa shape index (κ3) is 3.97. The average molecular weight is 294 g/mol. The van der Waals surface area contributed by atoms with Crippen molar-refractivity contribution >= 4 is 23.2 Å². The first-order valence-electron chi connectivity index (χ1n) is 6.32. The molecule has 1 unspecified atom stereocenters. The van der Waals surface area contributed by atoms with Crippen LogP contribution in [0.25, 0.3) is 0 Å². The van der Waals surface area contributed by atoms with Crippen LogP contribution in [-0.2, 0) is 6.42 Å². The van der Waals surface area contributed by atoms with Crippen LogP contribution in [0.1, 0.15) is 29.2 Å². The average Bonchev–Trinajstić information content (AvgIpc) is 2.40. The summed E-state index contributed by atoms with van der Waals surface area (Å²) in [6.45, 7) is 2.08. The maximum Gasteiger partial charge on any atom is 0.0454 e. The molecular formula is C16H17Cl2N. The van der Waals surface area contributed by atoms with Gasteiger partial charge in [-0.1, -0.05) is 53.0 Å². The maximum atomic E-state index is 6.20. The molecular weight excluding hydrogens is 277 g/mol. The van der Waals surface area contributed by atoms with Crippen LogP contribution in [0.4, 0.5) is 0 Å². The lowest BCUT2D eigenvalue weighted by atomic mass is 9.99. The van der Waals surface area contributed by atoms with Gasteiger partial charge in [-0.2, -0.15) is 0 Å². The second kappa shape index (κ2) is 6.42. The number of aryl methyl sites for hydroxylation is 2. The number of hydrogen-bond acceptors (Lipinski definition) is 1. The highest BCUT2D eigenvalue weighted by atomic mass is 35.5. The largest absolute Gasteiger partial charge is 0.324 e. The fourth-order valence-corrected chi connectivity index (χ4v) is 2.47. The smallest absolute Gasteiger partial charge is 0.0454 e. The van der Waals surface area contributed by atoms with Gasteiger partial charge >= 0.3 is 0 Å². The monoisotopic (exact) mass is 293 g/mol. The summed E-state index contributed by atoms with van der Waals surface area (Å²) >= 11 is 12.1. The predicted octanol–water partition coefficient (Wildman–Crippen LogP) is 4.93. The first kappa shape index (κ1) is 14.4. The molecule has 1 nitrogen and oxygen atoms in total. The van der Waals surface area contributed by atoms with E-state index in [1.165, 1.54) is 11.1 Å². The Morgan fingerprint density at radius 2 is 1.74 bits per heavy atom. The van der Waals surface area contributed by atoms with Gasteiger partial charge in [0.2, 0.25) is 0 Å². The van der Waals surface area contributed by atoms with Gasteiger partial charge in [0, 0.05) is 16.1 Å². The highest BCUT2D eigenvalue weighted by Crippen LogP contribution is 2.27. The lowest BCUT2D eigenvalue weighted by Gasteiger charge is -2.14. The summed E-state index contributed by atoms with van der Waals surface area (Å²) < 4.78 is 0. The topological polar surface area (TPSA) is 26.0 Å². The Morgan fingerprint density at radius 1 is 1.05 bits per heavy atom. The molecule has 0 amide bonds. The minimum atomic E-state index is -0.0903. The van der Waals surface area contributed by atoms with E-state index in [1.807, 2.05) is 6.07 Å². The van der Waals surface area contributed by atoms with E-state index in [9.17, 15) is 0 Å². The number of rotatable bonds is 4. The molecule has 2 aromatic rings. The van der Waals surface area contributed by atoms with Crippen LogP contribution in [0.3, 0.4) is 0 Å². The number of nitrogens with two attached hydrogens (primary N) is 1. The van der Waals surface area contributed by atoms with E-state index >= 15 is 0 Å². The lowest BCUT2D eigenvalue weighted by molar-refractivity contribution is 0.651. The molecule has 0 saturated heterocycles. The van der Waals surface area contributed by atoms with Crippen molar-refractivity contribution in [2.75, 3.05) is 0 Å². The van der Waals surface area contributed by atoms with Crippen molar-refractivity contribution in [2.24, 2.45) is 5.73 Å². The Bertz CT molecular complexity index is 549. The first-order chi connectivity index (χ1) is 9.06. The Balaban J connectivity index is 2.03. The van der Waals surface area contributed by atoms with Gasteiger partial charge in [0.25, 0.3) is 0 Å². The van der Waals surface area contributed by atoms with E-state index in [0.29, 0.717) is 10.0 Å². The third-order valence-corrected chi connectivity index (χ3v) is 3.80. The number of halogens is 2. The highest BCUT2D eigenvalue weighted by molar-refractivity contribution is 6.33. The third-order valence-electron chi connectivity index (χ3n) is 3.22. The van der Waals surface area contributed by atoms with E-state index in [1.54, 1.807) is 12.1 Å². The van der Waals surface area contributed by atoms with E-state index in [2.05, 4.69) is 31.2 Å². The normalized spacial score (nSPS) is 12.4. The molecule has 0 aromatic heterocycles. The van der Waals surface area contributed by atoms with Crippen LogP contribution < -0.4 is 5.73 Å². The molecule has 0 aliphatic heterocycles. The molecule has 100 valence electrons. The van der Waals surface area contributed by atoms with Crippen LogP contribution >= 0.6 is 23.2 Å². The zero-order valence-corrected chi connectivity index (χ0v) is 12.4. The fraction of sp³-hybridized carbons (Fsp3) is 0.250. The molecule has 0 bridgehead atoms. The maximum absolute atomic E-state index is 6.20. The zero-order chi connectivity index (χ0) is 13.8. The van der Waals surface area contributed by atoms with Crippen LogP contribution in [0, 0.1) is 6.92 Å². The second-order valence-corrected chi connectivity index (χ2v) is 5.64. The van der Waals surface area contributed by atoms with Crippen LogP contribution in [0.2, 0.25) is 10.0 Å². The lowest BCUT2D eigenvalue weighted by Crippen LogP contribution is -2.12. The Morgan fingerprint density at radius 3 is 2.42 bits per heavy atom. The summed E-state index contributed by atoms with van der Waals surface area (Å²) in [5.41, 5.74) is 9.68. The quantitative estimate of drug-likeness (QED) is 0.849. The minimum absolute atomic E-state index is 0.0903. The first-order valence-corrected chi connectivity index (χ1v) is 7.08. The van der Waals surface area contributed by atoms with Gasteiger partial charge in [0.15, 0.2) is 0 Å². The molecule has 0 fully saturated rings. The minimum Gasteiger partial charge on any atom is -0.324 e. The number of hydrogen-bond donors (Lipinski definition) is 1. The summed E-state index contributed by atoms with van der Waals surface area (Å²) in [7, 11) is 0. The number of benzene rings is 2. The Hall–Kier alpha value is -1.02. The van der Waals surface area contributed by atoms with Crippen LogP contribution in [0.5, 0.6) is 0 Å². The van der Waals surface area contributed by atoms with Gasteiger partial charge in [-0.05, 0) is 49.1 Å². The van der Waals surface area contributed by atoms with Gasteiger partial charge < -0.3 is 5.73 Å². The van der Waals surface area contributed by atoms with E-state index in [4.69, 9.17) is 28.9 Å². The summed E-state index contributed by atoms with van der Waals surface area (Å²) in [5.74, 6) is 0. The molecule has 0 spiro atoms. The summed E-state index contributed by atoms with van der Waals surface area (Å²) in [5, 5.41) is 1.35. The predicted molar refractivity (Wildman–Crippen MR) is 82.9 cm³/mol. The molecule has 0 saturated carbocycles. The Labute approximate surface area is 124 Å². The molecule has 1 atom stereocenters. The van der Waals surface area contributed by atoms with Crippen molar-refractivity contribution in [1.29, 1.82) is 0 Å². The van der Waals surface area contributed by atoms with Crippen molar-refractivity contribution in [3.05, 3.63) is 69.2 Å². The van der Waals surface area contributed by atoms with Gasteiger partial charge in [-0.25, -0.2) is 0 Å². The highest BCUT2D eigenvalue weighted by Gasteiger charge is 2.11. The molecule has 2 rings (SSSR count). The van der Waals surface area contributed by atoms with Crippen molar-refractivity contribution in [3.63, 3.8) is 0 Å². The second-order valence-electron chi connectivity index (χ2n) is 4.80. The molecule has 2 aromatic carbocycles. The fourth-order valence-electron chi connectivity index (χ4n) is 2.03. The van der Waals surface area contributed by atoms with Gasteiger partial charge in [-0.15, -0.1) is 0 Å². The van der Waals surface area contributed by atoms with Crippen molar-refractivity contribution in [1.82, 2.24) is 0 Å². The van der Waals surface area contributed by atoms with E-state index < -0.39 is 0 Å². The molecule has 3 heteroatoms. The van der Waals surface area contributed by atoms with Gasteiger partial charge in [0.05, 0.1) is 0 Å². The van der Waals surface area contributed by atoms with Crippen molar-refractivity contribution in [2.45, 2.75) is 25.8 Å². The van der Waals surface area contributed by atoms with Crippen molar-refractivity contribution < 1.29 is 0 Å². The molecule has 0 heterocycles. The SMILES string of the molecule is Cc1ccc(CCC(N)c2cc(Cl)ccc2Cl)cc1. The molecule has 19 heavy (non-hydrogen) atoms. The Kier molecular flexibility index (Phi) is 4.87. The van der Waals surface area contributed by atoms with Crippen molar-refractivity contribution in [3.8, 4) is 0 Å². The standard InChI is InChI=1S/C16H17Cl2N/c1-11-2-4-12(5-3-11)6-9-16(19)14-10-13(17)7-8-15(14)18/h2-5,7-8,10,16H,6,9,19H2,1H3. The van der Waals surface area contributed by atoms with Crippen LogP contribution in [0.15, 0.2) is 42.5 Å². The molecule has 0 aliphatic rings. The van der Waals surface area contributed by atoms with E-state index in [-0.39, 0.29) is 6.04 Å². The molecule has 0 radical (unpaired) electrons. The summed E-state index contributed by atoms with van der Waals surface area (Å²) in [6.07, 6.45) is 1.79. The molecule has 0 aliphatic carbocycles. The van der Waals surface area contributed by atoms with Crippen LogP contribution in [-0.4, -0.2) is 0 Å². The van der Waals surface area contributed by atoms with E-state index in [0.717, 1.165) is 18.4 Å². The van der Waals surface area contributed by atoms with Gasteiger partial charge in [0.1, 0.15) is 0 Å². The zero-order valence-electron chi connectivity index (χ0n) is 10.9. The van der Waals surface area contributed by atoms with Gasteiger partial charge in [-0.3, -0.25) is 0 Å².